The number of rotatable bonds is 2. The number of hydrogen-bond donors (Lipinski definition) is 1. The van der Waals surface area contributed by atoms with Crippen molar-refractivity contribution in [3.05, 3.63) is 46.4 Å². The molecule has 0 heterocycles. The number of nitrogen functional groups attached to an aromatic ring is 1. The third-order valence-electron chi connectivity index (χ3n) is 2.45. The molecular formula is C13H11Cl2NO. The van der Waals surface area contributed by atoms with Crippen LogP contribution in [0.4, 0.5) is 5.69 Å². The summed E-state index contributed by atoms with van der Waals surface area (Å²) in [6.45, 7) is 0. The van der Waals surface area contributed by atoms with E-state index in [1.165, 1.54) is 0 Å². The zero-order chi connectivity index (χ0) is 12.4. The van der Waals surface area contributed by atoms with Crippen molar-refractivity contribution >= 4 is 28.9 Å². The van der Waals surface area contributed by atoms with Gasteiger partial charge in [-0.05, 0) is 30.3 Å². The Morgan fingerprint density at radius 3 is 2.35 bits per heavy atom. The number of nitrogens with two attached hydrogens (primary N) is 1. The molecule has 2 aromatic carbocycles. The van der Waals surface area contributed by atoms with Gasteiger partial charge in [-0.2, -0.15) is 0 Å². The van der Waals surface area contributed by atoms with Crippen LogP contribution in [-0.4, -0.2) is 7.11 Å². The van der Waals surface area contributed by atoms with Crippen LogP contribution in [-0.2, 0) is 0 Å². The molecule has 2 rings (SSSR count). The summed E-state index contributed by atoms with van der Waals surface area (Å²) in [6.07, 6.45) is 0. The Labute approximate surface area is 110 Å². The lowest BCUT2D eigenvalue weighted by atomic mass is 10.0. The van der Waals surface area contributed by atoms with Crippen LogP contribution < -0.4 is 10.5 Å². The molecule has 0 aliphatic rings. The molecule has 0 atom stereocenters. The van der Waals surface area contributed by atoms with Crippen molar-refractivity contribution in [1.29, 1.82) is 0 Å². The first-order chi connectivity index (χ1) is 8.11. The van der Waals surface area contributed by atoms with Crippen molar-refractivity contribution in [3.63, 3.8) is 0 Å². The number of hydrogen-bond acceptors (Lipinski definition) is 2. The largest absolute Gasteiger partial charge is 0.496 e. The van der Waals surface area contributed by atoms with Gasteiger partial charge in [0.05, 0.1) is 12.1 Å². The SMILES string of the molecule is COc1cc(Cl)ccc1-c1ccc(N)cc1Cl. The highest BCUT2D eigenvalue weighted by Crippen LogP contribution is 2.37. The van der Waals surface area contributed by atoms with Gasteiger partial charge < -0.3 is 10.5 Å². The van der Waals surface area contributed by atoms with Crippen LogP contribution in [0.3, 0.4) is 0 Å². The second-order valence-corrected chi connectivity index (χ2v) is 4.43. The molecule has 0 radical (unpaired) electrons. The second-order valence-electron chi connectivity index (χ2n) is 3.58. The van der Waals surface area contributed by atoms with Gasteiger partial charge in [0.15, 0.2) is 0 Å². The maximum absolute atomic E-state index is 6.16. The van der Waals surface area contributed by atoms with Crippen LogP contribution in [0, 0.1) is 0 Å². The minimum atomic E-state index is 0.589. The van der Waals surface area contributed by atoms with Crippen molar-refractivity contribution in [2.75, 3.05) is 12.8 Å². The molecule has 88 valence electrons. The fourth-order valence-corrected chi connectivity index (χ4v) is 2.09. The lowest BCUT2D eigenvalue weighted by Crippen LogP contribution is -1.90. The van der Waals surface area contributed by atoms with E-state index in [2.05, 4.69) is 0 Å². The van der Waals surface area contributed by atoms with E-state index in [0.29, 0.717) is 21.5 Å². The van der Waals surface area contributed by atoms with Gasteiger partial charge >= 0.3 is 0 Å². The quantitative estimate of drug-likeness (QED) is 0.826. The summed E-state index contributed by atoms with van der Waals surface area (Å²) >= 11 is 12.1. The monoisotopic (exact) mass is 267 g/mol. The van der Waals surface area contributed by atoms with Crippen LogP contribution >= 0.6 is 23.2 Å². The number of anilines is 1. The average Bonchev–Trinajstić information content (AvgIpc) is 2.30. The zero-order valence-electron chi connectivity index (χ0n) is 9.21. The topological polar surface area (TPSA) is 35.2 Å². The Kier molecular flexibility index (Phi) is 3.46. The molecule has 2 N–H and O–H groups in total. The Morgan fingerprint density at radius 1 is 1.00 bits per heavy atom. The minimum Gasteiger partial charge on any atom is -0.496 e. The smallest absolute Gasteiger partial charge is 0.128 e. The third-order valence-corrected chi connectivity index (χ3v) is 2.99. The van der Waals surface area contributed by atoms with Gasteiger partial charge in [-0.3, -0.25) is 0 Å². The van der Waals surface area contributed by atoms with Crippen molar-refractivity contribution in [2.24, 2.45) is 0 Å². The second kappa shape index (κ2) is 4.86. The standard InChI is InChI=1S/C13H11Cl2NO/c1-17-13-6-8(14)2-4-11(13)10-5-3-9(16)7-12(10)15/h2-7H,16H2,1H3. The number of halogens is 2. The Hall–Kier alpha value is -1.38. The predicted molar refractivity (Wildman–Crippen MR) is 72.9 cm³/mol. The van der Waals surface area contributed by atoms with Crippen LogP contribution in [0.2, 0.25) is 10.0 Å². The fourth-order valence-electron chi connectivity index (χ4n) is 1.64. The van der Waals surface area contributed by atoms with Gasteiger partial charge in [-0.25, -0.2) is 0 Å². The first kappa shape index (κ1) is 12.1. The van der Waals surface area contributed by atoms with Crippen molar-refractivity contribution < 1.29 is 4.74 Å². The van der Waals surface area contributed by atoms with E-state index in [4.69, 9.17) is 33.7 Å². The van der Waals surface area contributed by atoms with Crippen molar-refractivity contribution in [3.8, 4) is 16.9 Å². The summed E-state index contributed by atoms with van der Waals surface area (Å²) in [5.41, 5.74) is 8.06. The van der Waals surface area contributed by atoms with Gasteiger partial charge in [0.2, 0.25) is 0 Å². The average molecular weight is 268 g/mol. The first-order valence-electron chi connectivity index (χ1n) is 5.01. The van der Waals surface area contributed by atoms with E-state index >= 15 is 0 Å². The van der Waals surface area contributed by atoms with E-state index in [0.717, 1.165) is 11.1 Å². The molecule has 4 heteroatoms. The molecule has 0 spiro atoms. The summed E-state index contributed by atoms with van der Waals surface area (Å²) in [5.74, 6) is 0.684. The molecule has 0 aromatic heterocycles. The molecule has 0 unspecified atom stereocenters. The molecule has 0 aliphatic heterocycles. The van der Waals surface area contributed by atoms with E-state index in [9.17, 15) is 0 Å². The molecular weight excluding hydrogens is 257 g/mol. The normalized spacial score (nSPS) is 10.3. The number of ether oxygens (including phenoxy) is 1. The molecule has 17 heavy (non-hydrogen) atoms. The first-order valence-corrected chi connectivity index (χ1v) is 5.76. The Bertz CT molecular complexity index is 555. The zero-order valence-corrected chi connectivity index (χ0v) is 10.7. The lowest BCUT2D eigenvalue weighted by molar-refractivity contribution is 0.416. The molecule has 0 aliphatic carbocycles. The Balaban J connectivity index is 2.60. The van der Waals surface area contributed by atoms with Gasteiger partial charge in [0.25, 0.3) is 0 Å². The fraction of sp³-hybridized carbons (Fsp3) is 0.0769. The van der Waals surface area contributed by atoms with Crippen LogP contribution in [0.25, 0.3) is 11.1 Å². The molecule has 0 saturated carbocycles. The van der Waals surface area contributed by atoms with Crippen LogP contribution in [0.1, 0.15) is 0 Å². The van der Waals surface area contributed by atoms with Crippen molar-refractivity contribution in [1.82, 2.24) is 0 Å². The van der Waals surface area contributed by atoms with Gasteiger partial charge in [0, 0.05) is 21.8 Å². The van der Waals surface area contributed by atoms with Crippen LogP contribution in [0.5, 0.6) is 5.75 Å². The maximum atomic E-state index is 6.16. The highest BCUT2D eigenvalue weighted by Gasteiger charge is 2.10. The summed E-state index contributed by atoms with van der Waals surface area (Å²) in [4.78, 5) is 0. The van der Waals surface area contributed by atoms with Crippen LogP contribution in [0.15, 0.2) is 36.4 Å². The molecule has 2 aromatic rings. The van der Waals surface area contributed by atoms with E-state index in [1.807, 2.05) is 12.1 Å². The third kappa shape index (κ3) is 2.48. The summed E-state index contributed by atoms with van der Waals surface area (Å²) in [7, 11) is 1.60. The molecule has 0 fully saturated rings. The minimum absolute atomic E-state index is 0.589. The maximum Gasteiger partial charge on any atom is 0.128 e. The molecule has 2 nitrogen and oxygen atoms in total. The molecule has 0 amide bonds. The van der Waals surface area contributed by atoms with Gasteiger partial charge in [0.1, 0.15) is 5.75 Å². The van der Waals surface area contributed by atoms with E-state index in [-0.39, 0.29) is 0 Å². The Morgan fingerprint density at radius 2 is 1.71 bits per heavy atom. The number of methoxy groups -OCH3 is 1. The van der Waals surface area contributed by atoms with Gasteiger partial charge in [-0.15, -0.1) is 0 Å². The highest BCUT2D eigenvalue weighted by atomic mass is 35.5. The molecule has 0 saturated heterocycles. The van der Waals surface area contributed by atoms with Crippen molar-refractivity contribution in [2.45, 2.75) is 0 Å². The highest BCUT2D eigenvalue weighted by molar-refractivity contribution is 6.34. The summed E-state index contributed by atoms with van der Waals surface area (Å²) in [6, 6.07) is 10.8. The van der Waals surface area contributed by atoms with E-state index in [1.54, 1.807) is 31.4 Å². The predicted octanol–water partition coefficient (Wildman–Crippen LogP) is 4.25. The summed E-state index contributed by atoms with van der Waals surface area (Å²) < 4.78 is 5.29. The number of benzene rings is 2. The van der Waals surface area contributed by atoms with E-state index < -0.39 is 0 Å². The van der Waals surface area contributed by atoms with Gasteiger partial charge in [-0.1, -0.05) is 29.3 Å². The molecule has 0 bridgehead atoms. The lowest BCUT2D eigenvalue weighted by Gasteiger charge is -2.11. The summed E-state index contributed by atoms with van der Waals surface area (Å²) in [5, 5.41) is 1.21.